The largest absolute Gasteiger partial charge is 0.508 e. The Hall–Kier alpha value is -2.74. The number of carbonyl (C=O) groups is 1. The number of nitrogens with one attached hydrogen (secondary N) is 1. The molecule has 7 nitrogen and oxygen atoms in total. The number of anilines is 1. The third-order valence-electron chi connectivity index (χ3n) is 3.90. The van der Waals surface area contributed by atoms with Gasteiger partial charge in [-0.05, 0) is 26.0 Å². The predicted octanol–water partition coefficient (Wildman–Crippen LogP) is 2.61. The topological polar surface area (TPSA) is 102 Å². The molecule has 132 valence electrons. The number of fused-ring (bicyclic) bond motifs is 1. The maximum Gasteiger partial charge on any atom is 0.339 e. The molecular formula is C17H17NO6S. The first-order valence-electron chi connectivity index (χ1n) is 7.41. The molecule has 2 aromatic carbocycles. The number of carbonyl (C=O) groups excluding carboxylic acids is 1. The van der Waals surface area contributed by atoms with Crippen LogP contribution in [0.15, 0.2) is 41.3 Å². The van der Waals surface area contributed by atoms with Crippen molar-refractivity contribution >= 4 is 21.7 Å². The highest BCUT2D eigenvalue weighted by atomic mass is 32.2. The van der Waals surface area contributed by atoms with E-state index in [4.69, 9.17) is 9.47 Å². The Bertz CT molecular complexity index is 965. The SMILES string of the molecule is COc1cc(O)cc(NS(=O)(=O)c2ccc3c(c2)C(=O)OC3(C)C)c1. The van der Waals surface area contributed by atoms with Crippen LogP contribution >= 0.6 is 0 Å². The summed E-state index contributed by atoms with van der Waals surface area (Å²) in [7, 11) is -2.56. The monoisotopic (exact) mass is 363 g/mol. The number of ether oxygens (including phenoxy) is 2. The fourth-order valence-corrected chi connectivity index (χ4v) is 3.77. The molecule has 0 saturated carbocycles. The van der Waals surface area contributed by atoms with E-state index in [2.05, 4.69) is 4.72 Å². The Labute approximate surface area is 145 Å². The standard InChI is InChI=1S/C17H17NO6S/c1-17(2)15-5-4-13(9-14(15)16(20)24-17)25(21,22)18-10-6-11(19)8-12(7-10)23-3/h4-9,18-19H,1-3H3. The zero-order valence-corrected chi connectivity index (χ0v) is 14.7. The van der Waals surface area contributed by atoms with E-state index in [1.165, 1.54) is 37.4 Å². The van der Waals surface area contributed by atoms with Gasteiger partial charge in [0.2, 0.25) is 0 Å². The van der Waals surface area contributed by atoms with Crippen LogP contribution in [-0.4, -0.2) is 26.6 Å². The molecule has 0 aliphatic carbocycles. The van der Waals surface area contributed by atoms with Crippen LogP contribution in [0.5, 0.6) is 11.5 Å². The van der Waals surface area contributed by atoms with Crippen LogP contribution in [0.25, 0.3) is 0 Å². The smallest absolute Gasteiger partial charge is 0.339 e. The second-order valence-corrected chi connectivity index (χ2v) is 7.81. The average molecular weight is 363 g/mol. The highest BCUT2D eigenvalue weighted by molar-refractivity contribution is 7.92. The first-order chi connectivity index (χ1) is 11.6. The summed E-state index contributed by atoms with van der Waals surface area (Å²) in [4.78, 5) is 11.9. The third-order valence-corrected chi connectivity index (χ3v) is 5.28. The summed E-state index contributed by atoms with van der Waals surface area (Å²) in [5.74, 6) is -0.399. The van der Waals surface area contributed by atoms with E-state index < -0.39 is 21.6 Å². The van der Waals surface area contributed by atoms with Gasteiger partial charge >= 0.3 is 5.97 Å². The number of cyclic esters (lactones) is 1. The number of sulfonamides is 1. The zero-order chi connectivity index (χ0) is 18.4. The number of phenolic OH excluding ortho intramolecular Hbond substituents is 1. The summed E-state index contributed by atoms with van der Waals surface area (Å²) < 4.78 is 37.8. The van der Waals surface area contributed by atoms with Crippen molar-refractivity contribution in [3.8, 4) is 11.5 Å². The third kappa shape index (κ3) is 3.12. The summed E-state index contributed by atoms with van der Waals surface area (Å²) in [6, 6.07) is 8.30. The molecule has 0 bridgehead atoms. The number of rotatable bonds is 4. The second kappa shape index (κ2) is 5.66. The predicted molar refractivity (Wildman–Crippen MR) is 90.4 cm³/mol. The highest BCUT2D eigenvalue weighted by Gasteiger charge is 2.38. The van der Waals surface area contributed by atoms with Crippen molar-refractivity contribution in [1.29, 1.82) is 0 Å². The van der Waals surface area contributed by atoms with E-state index in [0.29, 0.717) is 11.3 Å². The number of aromatic hydroxyl groups is 1. The van der Waals surface area contributed by atoms with Crippen LogP contribution in [-0.2, 0) is 20.4 Å². The number of benzene rings is 2. The normalized spacial score (nSPS) is 15.4. The molecule has 0 amide bonds. The fourth-order valence-electron chi connectivity index (χ4n) is 2.70. The Morgan fingerprint density at radius 3 is 2.56 bits per heavy atom. The van der Waals surface area contributed by atoms with Crippen molar-refractivity contribution in [2.24, 2.45) is 0 Å². The Morgan fingerprint density at radius 2 is 1.88 bits per heavy atom. The lowest BCUT2D eigenvalue weighted by atomic mass is 9.96. The van der Waals surface area contributed by atoms with Crippen molar-refractivity contribution in [3.05, 3.63) is 47.5 Å². The maximum absolute atomic E-state index is 12.6. The quantitative estimate of drug-likeness (QED) is 0.810. The van der Waals surface area contributed by atoms with Crippen LogP contribution in [0.1, 0.15) is 29.8 Å². The summed E-state index contributed by atoms with van der Waals surface area (Å²) in [6.45, 7) is 3.48. The number of methoxy groups -OCH3 is 1. The fraction of sp³-hybridized carbons (Fsp3) is 0.235. The first-order valence-corrected chi connectivity index (χ1v) is 8.89. The van der Waals surface area contributed by atoms with Crippen LogP contribution in [0.4, 0.5) is 5.69 Å². The molecule has 1 heterocycles. The minimum absolute atomic E-state index is 0.0804. The first kappa shape index (κ1) is 17.1. The molecule has 0 atom stereocenters. The Balaban J connectivity index is 1.98. The summed E-state index contributed by atoms with van der Waals surface area (Å²) in [5.41, 5.74) is 0.206. The molecule has 0 unspecified atom stereocenters. The van der Waals surface area contributed by atoms with Gasteiger partial charge in [-0.15, -0.1) is 0 Å². The van der Waals surface area contributed by atoms with Crippen LogP contribution < -0.4 is 9.46 Å². The molecule has 1 aliphatic rings. The van der Waals surface area contributed by atoms with Gasteiger partial charge in [0.15, 0.2) is 0 Å². The lowest BCUT2D eigenvalue weighted by Crippen LogP contribution is -2.16. The Kier molecular flexibility index (Phi) is 3.87. The van der Waals surface area contributed by atoms with Crippen molar-refractivity contribution in [3.63, 3.8) is 0 Å². The van der Waals surface area contributed by atoms with Crippen LogP contribution in [0.3, 0.4) is 0 Å². The molecule has 0 saturated heterocycles. The lowest BCUT2D eigenvalue weighted by molar-refractivity contribution is 0.00954. The van der Waals surface area contributed by atoms with Crippen molar-refractivity contribution in [1.82, 2.24) is 0 Å². The van der Waals surface area contributed by atoms with Gasteiger partial charge in [-0.2, -0.15) is 0 Å². The van der Waals surface area contributed by atoms with Gasteiger partial charge in [-0.25, -0.2) is 13.2 Å². The van der Waals surface area contributed by atoms with Gasteiger partial charge in [-0.3, -0.25) is 4.72 Å². The molecule has 0 radical (unpaired) electrons. The Morgan fingerprint density at radius 1 is 1.16 bits per heavy atom. The zero-order valence-electron chi connectivity index (χ0n) is 13.9. The van der Waals surface area contributed by atoms with Crippen molar-refractivity contribution in [2.75, 3.05) is 11.8 Å². The van der Waals surface area contributed by atoms with Gasteiger partial charge < -0.3 is 14.6 Å². The number of phenols is 1. The van der Waals surface area contributed by atoms with Gasteiger partial charge in [0.05, 0.1) is 23.3 Å². The van der Waals surface area contributed by atoms with E-state index in [0.717, 1.165) is 0 Å². The van der Waals surface area contributed by atoms with Crippen molar-refractivity contribution < 1.29 is 27.8 Å². The average Bonchev–Trinajstić information content (AvgIpc) is 2.75. The lowest BCUT2D eigenvalue weighted by Gasteiger charge is -2.17. The van der Waals surface area contributed by atoms with Gasteiger partial charge in [0.25, 0.3) is 10.0 Å². The van der Waals surface area contributed by atoms with E-state index in [1.807, 2.05) is 0 Å². The minimum Gasteiger partial charge on any atom is -0.508 e. The molecule has 2 N–H and O–H groups in total. The number of hydrogen-bond donors (Lipinski definition) is 2. The summed E-state index contributed by atoms with van der Waals surface area (Å²) >= 11 is 0. The molecule has 1 aliphatic heterocycles. The molecule has 25 heavy (non-hydrogen) atoms. The molecule has 0 fully saturated rings. The minimum atomic E-state index is -3.96. The van der Waals surface area contributed by atoms with Crippen LogP contribution in [0.2, 0.25) is 0 Å². The van der Waals surface area contributed by atoms with E-state index in [1.54, 1.807) is 19.9 Å². The molecule has 8 heteroatoms. The second-order valence-electron chi connectivity index (χ2n) is 6.13. The highest BCUT2D eigenvalue weighted by Crippen LogP contribution is 2.37. The number of esters is 1. The van der Waals surface area contributed by atoms with Gasteiger partial charge in [0, 0.05) is 23.8 Å². The summed E-state index contributed by atoms with van der Waals surface area (Å²) in [6.07, 6.45) is 0. The van der Waals surface area contributed by atoms with Gasteiger partial charge in [-0.1, -0.05) is 6.07 Å². The van der Waals surface area contributed by atoms with E-state index >= 15 is 0 Å². The molecule has 2 aromatic rings. The molecule has 0 spiro atoms. The molecule has 3 rings (SSSR count). The van der Waals surface area contributed by atoms with Gasteiger partial charge in [0.1, 0.15) is 17.1 Å². The van der Waals surface area contributed by atoms with Crippen LogP contribution in [0, 0.1) is 0 Å². The maximum atomic E-state index is 12.6. The number of hydrogen-bond acceptors (Lipinski definition) is 6. The van der Waals surface area contributed by atoms with E-state index in [-0.39, 0.29) is 21.9 Å². The summed E-state index contributed by atoms with van der Waals surface area (Å²) in [5, 5.41) is 9.64. The van der Waals surface area contributed by atoms with Crippen molar-refractivity contribution in [2.45, 2.75) is 24.3 Å². The van der Waals surface area contributed by atoms with E-state index in [9.17, 15) is 18.3 Å². The molecule has 0 aromatic heterocycles. The molecular weight excluding hydrogens is 346 g/mol.